The van der Waals surface area contributed by atoms with Gasteiger partial charge in [0.05, 0.1) is 6.61 Å². The number of rotatable bonds is 10. The van der Waals surface area contributed by atoms with Gasteiger partial charge in [-0.3, -0.25) is 9.59 Å². The maximum Gasteiger partial charge on any atom is 0.260 e. The molecule has 1 aromatic rings. The molecule has 178 valence electrons. The molecular formula is C25H39N3O4. The molecule has 3 rings (SSSR count). The Morgan fingerprint density at radius 2 is 1.75 bits per heavy atom. The quantitative estimate of drug-likeness (QED) is 0.597. The Morgan fingerprint density at radius 1 is 1.00 bits per heavy atom. The fraction of sp³-hybridized carbons (Fsp3) is 0.680. The molecule has 7 nitrogen and oxygen atoms in total. The van der Waals surface area contributed by atoms with Crippen molar-refractivity contribution in [2.24, 2.45) is 0 Å². The molecule has 2 aliphatic rings. The molecule has 0 aromatic heterocycles. The highest BCUT2D eigenvalue weighted by molar-refractivity contribution is 5.95. The Labute approximate surface area is 192 Å². The molecule has 0 saturated carbocycles. The van der Waals surface area contributed by atoms with Crippen molar-refractivity contribution in [2.75, 3.05) is 45.9 Å². The zero-order chi connectivity index (χ0) is 22.8. The number of hydrogen-bond donors (Lipinski definition) is 1. The Bertz CT molecular complexity index is 741. The van der Waals surface area contributed by atoms with Gasteiger partial charge < -0.3 is 24.6 Å². The summed E-state index contributed by atoms with van der Waals surface area (Å²) in [4.78, 5) is 29.6. The minimum atomic E-state index is -0.0890. The smallest absolute Gasteiger partial charge is 0.260 e. The van der Waals surface area contributed by atoms with Gasteiger partial charge >= 0.3 is 0 Å². The molecule has 0 aliphatic carbocycles. The molecule has 0 atom stereocenters. The van der Waals surface area contributed by atoms with Gasteiger partial charge in [0.1, 0.15) is 0 Å². The zero-order valence-corrected chi connectivity index (χ0v) is 19.7. The summed E-state index contributed by atoms with van der Waals surface area (Å²) < 4.78 is 11.5. The first-order chi connectivity index (χ1) is 15.6. The monoisotopic (exact) mass is 445 g/mol. The first-order valence-corrected chi connectivity index (χ1v) is 12.3. The topological polar surface area (TPSA) is 71.1 Å². The highest BCUT2D eigenvalue weighted by Crippen LogP contribution is 2.29. The first-order valence-electron chi connectivity index (χ1n) is 12.3. The number of ether oxygens (including phenoxy) is 2. The third kappa shape index (κ3) is 7.12. The van der Waals surface area contributed by atoms with Crippen molar-refractivity contribution in [3.05, 3.63) is 23.8 Å². The third-order valence-electron chi connectivity index (χ3n) is 6.32. The van der Waals surface area contributed by atoms with Crippen LogP contribution in [0.5, 0.6) is 11.5 Å². The van der Waals surface area contributed by atoms with Crippen molar-refractivity contribution < 1.29 is 19.1 Å². The number of amides is 2. The first kappa shape index (κ1) is 24.4. The van der Waals surface area contributed by atoms with E-state index >= 15 is 0 Å². The number of likely N-dealkylation sites (tertiary alicyclic amines) is 2. The predicted octanol–water partition coefficient (Wildman–Crippen LogP) is 3.47. The lowest BCUT2D eigenvalue weighted by Crippen LogP contribution is -2.44. The van der Waals surface area contributed by atoms with E-state index in [1.165, 1.54) is 19.3 Å². The number of nitrogens with one attached hydrogen (secondary N) is 1. The minimum absolute atomic E-state index is 0.000697. The number of benzene rings is 1. The summed E-state index contributed by atoms with van der Waals surface area (Å²) in [5, 5.41) is 3.17. The molecule has 7 heteroatoms. The van der Waals surface area contributed by atoms with Gasteiger partial charge in [-0.2, -0.15) is 0 Å². The second-order valence-electron chi connectivity index (χ2n) is 8.77. The van der Waals surface area contributed by atoms with Crippen molar-refractivity contribution in [1.29, 1.82) is 0 Å². The molecule has 0 bridgehead atoms. The van der Waals surface area contributed by atoms with E-state index in [0.29, 0.717) is 23.7 Å². The van der Waals surface area contributed by atoms with Gasteiger partial charge in [0.2, 0.25) is 0 Å². The van der Waals surface area contributed by atoms with Crippen LogP contribution >= 0.6 is 0 Å². The van der Waals surface area contributed by atoms with Crippen LogP contribution in [-0.2, 0) is 4.79 Å². The van der Waals surface area contributed by atoms with Crippen LogP contribution in [-0.4, -0.2) is 73.6 Å². The van der Waals surface area contributed by atoms with Crippen molar-refractivity contribution in [3.8, 4) is 11.5 Å². The molecule has 2 amide bonds. The highest BCUT2D eigenvalue weighted by atomic mass is 16.5. The van der Waals surface area contributed by atoms with Gasteiger partial charge in [0.25, 0.3) is 11.8 Å². The maximum absolute atomic E-state index is 12.8. The van der Waals surface area contributed by atoms with Crippen LogP contribution < -0.4 is 14.8 Å². The molecule has 1 N–H and O–H groups in total. The molecule has 2 aliphatic heterocycles. The summed E-state index contributed by atoms with van der Waals surface area (Å²) in [5.74, 6) is 0.909. The van der Waals surface area contributed by atoms with Crippen LogP contribution in [0.4, 0.5) is 0 Å². The maximum atomic E-state index is 12.8. The predicted molar refractivity (Wildman–Crippen MR) is 125 cm³/mol. The second kappa shape index (κ2) is 12.7. The Kier molecular flexibility index (Phi) is 9.65. The molecule has 32 heavy (non-hydrogen) atoms. The Morgan fingerprint density at radius 3 is 2.44 bits per heavy atom. The van der Waals surface area contributed by atoms with Gasteiger partial charge in [0.15, 0.2) is 18.1 Å². The second-order valence-corrected chi connectivity index (χ2v) is 8.77. The zero-order valence-electron chi connectivity index (χ0n) is 19.7. The van der Waals surface area contributed by atoms with E-state index < -0.39 is 0 Å². The number of piperidine rings is 2. The molecule has 1 aromatic carbocycles. The molecule has 0 unspecified atom stereocenters. The fourth-order valence-electron chi connectivity index (χ4n) is 4.36. The van der Waals surface area contributed by atoms with Crippen LogP contribution in [0.1, 0.15) is 69.2 Å². The summed E-state index contributed by atoms with van der Waals surface area (Å²) in [5.41, 5.74) is 0.552. The minimum Gasteiger partial charge on any atom is -0.490 e. The summed E-state index contributed by atoms with van der Waals surface area (Å²) >= 11 is 0. The average Bonchev–Trinajstić information content (AvgIpc) is 2.83. The van der Waals surface area contributed by atoms with Crippen molar-refractivity contribution in [3.63, 3.8) is 0 Å². The lowest BCUT2D eigenvalue weighted by Gasteiger charge is -2.32. The Hall–Kier alpha value is -2.28. The van der Waals surface area contributed by atoms with Gasteiger partial charge in [-0.05, 0) is 70.2 Å². The fourth-order valence-corrected chi connectivity index (χ4v) is 4.36. The highest BCUT2D eigenvalue weighted by Gasteiger charge is 2.22. The van der Waals surface area contributed by atoms with E-state index in [1.54, 1.807) is 18.2 Å². The van der Waals surface area contributed by atoms with E-state index in [2.05, 4.69) is 17.1 Å². The van der Waals surface area contributed by atoms with Gasteiger partial charge in [-0.1, -0.05) is 13.3 Å². The Balaban J connectivity index is 1.54. The number of carbonyl (C=O) groups excluding carboxylic acids is 2. The van der Waals surface area contributed by atoms with Gasteiger partial charge in [0, 0.05) is 37.8 Å². The normalized spacial score (nSPS) is 17.8. The van der Waals surface area contributed by atoms with E-state index in [4.69, 9.17) is 9.47 Å². The largest absolute Gasteiger partial charge is 0.490 e. The van der Waals surface area contributed by atoms with Gasteiger partial charge in [-0.15, -0.1) is 0 Å². The van der Waals surface area contributed by atoms with E-state index in [0.717, 1.165) is 58.4 Å². The summed E-state index contributed by atoms with van der Waals surface area (Å²) in [6, 6.07) is 5.40. The van der Waals surface area contributed by atoms with Crippen LogP contribution in [0.2, 0.25) is 0 Å². The van der Waals surface area contributed by atoms with Gasteiger partial charge in [-0.25, -0.2) is 0 Å². The third-order valence-corrected chi connectivity index (χ3v) is 6.32. The molecular weight excluding hydrogens is 406 g/mol. The number of nitrogens with zero attached hydrogens (tertiary/aromatic N) is 2. The van der Waals surface area contributed by atoms with Crippen LogP contribution in [0.25, 0.3) is 0 Å². The molecule has 2 heterocycles. The van der Waals surface area contributed by atoms with Crippen LogP contribution in [0.15, 0.2) is 18.2 Å². The SMILES string of the molecule is CCCCN1CCC(NC(=O)c2ccc(OCC(=O)N3CCCCC3)c(OCC)c2)CC1. The molecule has 2 fully saturated rings. The lowest BCUT2D eigenvalue weighted by atomic mass is 10.0. The number of carbonyl (C=O) groups is 2. The van der Waals surface area contributed by atoms with E-state index in [9.17, 15) is 9.59 Å². The van der Waals surface area contributed by atoms with Crippen LogP contribution in [0.3, 0.4) is 0 Å². The van der Waals surface area contributed by atoms with Crippen molar-refractivity contribution >= 4 is 11.8 Å². The standard InChI is InChI=1S/C25H39N3O4/c1-3-5-13-27-16-11-21(12-17-27)26-25(30)20-9-10-22(23(18-20)31-4-2)32-19-24(29)28-14-7-6-8-15-28/h9-10,18,21H,3-8,11-17,19H2,1-2H3,(H,26,30). The number of unbranched alkanes of at least 4 members (excludes halogenated alkanes) is 1. The van der Waals surface area contributed by atoms with Crippen LogP contribution in [0, 0.1) is 0 Å². The average molecular weight is 446 g/mol. The van der Waals surface area contributed by atoms with Crippen molar-refractivity contribution in [2.45, 2.75) is 64.8 Å². The molecule has 2 saturated heterocycles. The van der Waals surface area contributed by atoms with E-state index in [-0.39, 0.29) is 24.5 Å². The summed E-state index contributed by atoms with van der Waals surface area (Å²) in [6.07, 6.45) is 7.69. The molecule has 0 spiro atoms. The van der Waals surface area contributed by atoms with Crippen molar-refractivity contribution in [1.82, 2.24) is 15.1 Å². The van der Waals surface area contributed by atoms with E-state index in [1.807, 2.05) is 11.8 Å². The molecule has 0 radical (unpaired) electrons. The summed E-state index contributed by atoms with van der Waals surface area (Å²) in [6.45, 7) is 9.37. The summed E-state index contributed by atoms with van der Waals surface area (Å²) in [7, 11) is 0. The lowest BCUT2D eigenvalue weighted by molar-refractivity contribution is -0.134. The number of hydrogen-bond acceptors (Lipinski definition) is 5.